The molecule has 2 N–H and O–H groups in total. The zero-order valence-corrected chi connectivity index (χ0v) is 15.9. The summed E-state index contributed by atoms with van der Waals surface area (Å²) in [6.07, 6.45) is 1.58. The van der Waals surface area contributed by atoms with Crippen LogP contribution in [0.2, 0.25) is 0 Å². The van der Waals surface area contributed by atoms with Crippen molar-refractivity contribution in [1.82, 2.24) is 10.6 Å². The van der Waals surface area contributed by atoms with E-state index in [1.165, 1.54) is 30.3 Å². The summed E-state index contributed by atoms with van der Waals surface area (Å²) in [5.41, 5.74) is 0.946. The molecule has 29 heavy (non-hydrogen) atoms. The quantitative estimate of drug-likeness (QED) is 0.185. The molecule has 1 amide bonds. The average molecular weight is 413 g/mol. The van der Waals surface area contributed by atoms with Gasteiger partial charge in [-0.15, -0.1) is 0 Å². The lowest BCUT2D eigenvalue weighted by Gasteiger charge is -2.11. The van der Waals surface area contributed by atoms with Crippen LogP contribution in [0.3, 0.4) is 0 Å². The number of amides is 1. The summed E-state index contributed by atoms with van der Waals surface area (Å²) in [7, 11) is 0. The molecule has 1 aliphatic rings. The predicted molar refractivity (Wildman–Crippen MR) is 108 cm³/mol. The van der Waals surface area contributed by atoms with E-state index in [0.717, 1.165) is 0 Å². The minimum absolute atomic E-state index is 0.127. The second kappa shape index (κ2) is 8.48. The Balaban J connectivity index is 1.82. The number of thiocarbonyl (C=S) groups is 1. The Hall–Kier alpha value is -3.79. The minimum Gasteiger partial charge on any atom is -0.490 e. The summed E-state index contributed by atoms with van der Waals surface area (Å²) in [6, 6.07) is 9.86. The fourth-order valence-electron chi connectivity index (χ4n) is 2.49. The van der Waals surface area contributed by atoms with Crippen LogP contribution in [-0.2, 0) is 4.79 Å². The molecule has 10 heteroatoms. The lowest BCUT2D eigenvalue weighted by Crippen LogP contribution is -2.21. The molecule has 2 aromatic rings. The first-order chi connectivity index (χ1) is 13.9. The molecule has 3 rings (SSSR count). The van der Waals surface area contributed by atoms with Gasteiger partial charge in [0.15, 0.2) is 16.6 Å². The summed E-state index contributed by atoms with van der Waals surface area (Å²) >= 11 is 4.89. The number of carbonyl (C=O) groups is 2. The van der Waals surface area contributed by atoms with Gasteiger partial charge in [-0.2, -0.15) is 0 Å². The molecular formula is C19H15N3O6S. The minimum atomic E-state index is -0.686. The van der Waals surface area contributed by atoms with E-state index in [1.807, 2.05) is 0 Å². The maximum atomic E-state index is 12.4. The summed E-state index contributed by atoms with van der Waals surface area (Å²) < 4.78 is 10.9. The SMILES string of the molecule is CCOc1cc(/C=C2/NC(=S)NC2=O)ccc1OC(=O)c1ccc([N+](=O)[O-])cc1. The molecule has 2 aromatic carbocycles. The van der Waals surface area contributed by atoms with E-state index in [9.17, 15) is 19.7 Å². The summed E-state index contributed by atoms with van der Waals surface area (Å²) in [5.74, 6) is -0.550. The van der Waals surface area contributed by atoms with Crippen molar-refractivity contribution in [3.8, 4) is 11.5 Å². The number of non-ortho nitro benzene ring substituents is 1. The van der Waals surface area contributed by atoms with Crippen LogP contribution in [0.5, 0.6) is 11.5 Å². The Kier molecular flexibility index (Phi) is 5.84. The van der Waals surface area contributed by atoms with Crippen molar-refractivity contribution in [2.75, 3.05) is 6.61 Å². The number of ether oxygens (including phenoxy) is 2. The highest BCUT2D eigenvalue weighted by Gasteiger charge is 2.20. The molecule has 1 heterocycles. The molecule has 0 aliphatic carbocycles. The standard InChI is InChI=1S/C19H15N3O6S/c1-2-27-16-10-11(9-14-17(23)21-19(29)20-14)3-8-15(16)28-18(24)12-4-6-13(7-5-12)22(25)26/h3-10H,2H2,1H3,(H2,20,21,23,29)/b14-9+. The van der Waals surface area contributed by atoms with Crippen molar-refractivity contribution in [3.63, 3.8) is 0 Å². The van der Waals surface area contributed by atoms with Gasteiger partial charge in [-0.1, -0.05) is 6.07 Å². The van der Waals surface area contributed by atoms with Gasteiger partial charge in [0.05, 0.1) is 17.1 Å². The van der Waals surface area contributed by atoms with Gasteiger partial charge in [0.2, 0.25) is 0 Å². The van der Waals surface area contributed by atoms with Crippen LogP contribution in [0, 0.1) is 10.1 Å². The second-order valence-electron chi connectivity index (χ2n) is 5.80. The van der Waals surface area contributed by atoms with E-state index < -0.39 is 10.9 Å². The number of benzene rings is 2. The highest BCUT2D eigenvalue weighted by atomic mass is 32.1. The van der Waals surface area contributed by atoms with Crippen LogP contribution in [-0.4, -0.2) is 28.5 Å². The number of esters is 1. The molecule has 148 valence electrons. The molecule has 0 unspecified atom stereocenters. The van der Waals surface area contributed by atoms with Crippen LogP contribution in [0.4, 0.5) is 5.69 Å². The van der Waals surface area contributed by atoms with E-state index in [0.29, 0.717) is 17.9 Å². The third kappa shape index (κ3) is 4.74. The summed E-state index contributed by atoms with van der Waals surface area (Å²) in [5, 5.41) is 16.1. The Morgan fingerprint density at radius 2 is 1.90 bits per heavy atom. The normalized spacial score (nSPS) is 14.3. The molecule has 9 nitrogen and oxygen atoms in total. The van der Waals surface area contributed by atoms with Crippen molar-refractivity contribution >= 4 is 41.0 Å². The van der Waals surface area contributed by atoms with Gasteiger partial charge in [0.25, 0.3) is 11.6 Å². The largest absolute Gasteiger partial charge is 0.490 e. The van der Waals surface area contributed by atoms with E-state index in [4.69, 9.17) is 21.7 Å². The third-order valence-corrected chi connectivity index (χ3v) is 4.02. The van der Waals surface area contributed by atoms with Gasteiger partial charge in [0, 0.05) is 12.1 Å². The Morgan fingerprint density at radius 1 is 1.17 bits per heavy atom. The van der Waals surface area contributed by atoms with Crippen molar-refractivity contribution in [2.24, 2.45) is 0 Å². The Morgan fingerprint density at radius 3 is 2.48 bits per heavy atom. The second-order valence-corrected chi connectivity index (χ2v) is 6.21. The molecule has 1 aliphatic heterocycles. The molecule has 0 spiro atoms. The van der Waals surface area contributed by atoms with E-state index in [1.54, 1.807) is 25.1 Å². The van der Waals surface area contributed by atoms with Gasteiger partial charge >= 0.3 is 5.97 Å². The van der Waals surface area contributed by atoms with Gasteiger partial charge < -0.3 is 14.8 Å². The van der Waals surface area contributed by atoms with E-state index >= 15 is 0 Å². The smallest absolute Gasteiger partial charge is 0.343 e. The van der Waals surface area contributed by atoms with Gasteiger partial charge in [0.1, 0.15) is 5.70 Å². The van der Waals surface area contributed by atoms with E-state index in [-0.39, 0.29) is 33.7 Å². The molecule has 1 saturated heterocycles. The zero-order valence-electron chi connectivity index (χ0n) is 15.1. The molecular weight excluding hydrogens is 398 g/mol. The van der Waals surface area contributed by atoms with Gasteiger partial charge in [-0.25, -0.2) is 4.79 Å². The third-order valence-electron chi connectivity index (χ3n) is 3.81. The Bertz CT molecular complexity index is 1030. The average Bonchev–Trinajstić information content (AvgIpc) is 3.00. The zero-order chi connectivity index (χ0) is 21.0. The first-order valence-electron chi connectivity index (χ1n) is 8.45. The number of hydrogen-bond donors (Lipinski definition) is 2. The van der Waals surface area contributed by atoms with Gasteiger partial charge in [-0.05, 0) is 55.0 Å². The number of nitrogens with one attached hydrogen (secondary N) is 2. The topological polar surface area (TPSA) is 120 Å². The molecule has 0 atom stereocenters. The van der Waals surface area contributed by atoms with Crippen molar-refractivity contribution in [3.05, 3.63) is 69.4 Å². The monoisotopic (exact) mass is 413 g/mol. The van der Waals surface area contributed by atoms with Crippen LogP contribution in [0.15, 0.2) is 48.2 Å². The van der Waals surface area contributed by atoms with Crippen molar-refractivity contribution in [1.29, 1.82) is 0 Å². The number of nitro benzene ring substituents is 1. The molecule has 1 fully saturated rings. The van der Waals surface area contributed by atoms with Gasteiger partial charge in [-0.3, -0.25) is 20.2 Å². The molecule has 0 radical (unpaired) electrons. The highest BCUT2D eigenvalue weighted by Crippen LogP contribution is 2.30. The molecule has 0 bridgehead atoms. The fourth-order valence-corrected chi connectivity index (χ4v) is 2.70. The van der Waals surface area contributed by atoms with E-state index in [2.05, 4.69) is 10.6 Å². The maximum absolute atomic E-state index is 12.4. The fraction of sp³-hybridized carbons (Fsp3) is 0.105. The van der Waals surface area contributed by atoms with Crippen LogP contribution in [0.25, 0.3) is 6.08 Å². The van der Waals surface area contributed by atoms with Crippen molar-refractivity contribution < 1.29 is 24.0 Å². The lowest BCUT2D eigenvalue weighted by molar-refractivity contribution is -0.384. The number of rotatable bonds is 6. The number of nitrogens with zero attached hydrogens (tertiary/aromatic N) is 1. The predicted octanol–water partition coefficient (Wildman–Crippen LogP) is 2.56. The maximum Gasteiger partial charge on any atom is 0.343 e. The molecule has 0 saturated carbocycles. The number of carbonyl (C=O) groups excluding carboxylic acids is 2. The van der Waals surface area contributed by atoms with Crippen LogP contribution in [0.1, 0.15) is 22.8 Å². The number of nitro groups is 1. The molecule has 0 aromatic heterocycles. The number of hydrogen-bond acceptors (Lipinski definition) is 7. The first-order valence-corrected chi connectivity index (χ1v) is 8.85. The lowest BCUT2D eigenvalue weighted by atomic mass is 10.1. The van der Waals surface area contributed by atoms with Crippen molar-refractivity contribution in [2.45, 2.75) is 6.92 Å². The van der Waals surface area contributed by atoms with Crippen LogP contribution < -0.4 is 20.1 Å². The highest BCUT2D eigenvalue weighted by molar-refractivity contribution is 7.80. The first kappa shape index (κ1) is 20.0. The Labute approximate surface area is 170 Å². The summed E-state index contributed by atoms with van der Waals surface area (Å²) in [6.45, 7) is 2.10. The van der Waals surface area contributed by atoms with Crippen LogP contribution >= 0.6 is 12.2 Å². The summed E-state index contributed by atoms with van der Waals surface area (Å²) in [4.78, 5) is 34.3.